The van der Waals surface area contributed by atoms with Crippen LogP contribution < -0.4 is 5.32 Å². The maximum atomic E-state index is 12.5. The molecule has 3 rings (SSSR count). The summed E-state index contributed by atoms with van der Waals surface area (Å²) in [6.45, 7) is 1.89. The third-order valence-corrected chi connectivity index (χ3v) is 4.30. The zero-order chi connectivity index (χ0) is 17.9. The maximum absolute atomic E-state index is 12.5. The molecule has 1 aromatic heterocycles. The van der Waals surface area contributed by atoms with E-state index in [1.165, 1.54) is 12.3 Å². The normalized spacial score (nSPS) is 13.3. The molecule has 0 aliphatic rings. The number of carboxylic acids is 1. The highest BCUT2D eigenvalue weighted by Crippen LogP contribution is 2.30. The van der Waals surface area contributed by atoms with Crippen LogP contribution in [0.1, 0.15) is 35.9 Å². The number of benzene rings is 2. The zero-order valence-corrected chi connectivity index (χ0v) is 13.9. The van der Waals surface area contributed by atoms with Gasteiger partial charge < -0.3 is 14.8 Å². The van der Waals surface area contributed by atoms with Crippen LogP contribution in [0.25, 0.3) is 10.8 Å². The van der Waals surface area contributed by atoms with Crippen molar-refractivity contribution in [3.8, 4) is 0 Å². The number of amides is 1. The van der Waals surface area contributed by atoms with Crippen molar-refractivity contribution < 1.29 is 19.1 Å². The van der Waals surface area contributed by atoms with Crippen LogP contribution in [0.3, 0.4) is 0 Å². The largest absolute Gasteiger partial charge is 0.479 e. The molecule has 2 N–H and O–H groups in total. The summed E-state index contributed by atoms with van der Waals surface area (Å²) in [6.07, 6.45) is 2.25. The Morgan fingerprint density at radius 1 is 1.08 bits per heavy atom. The van der Waals surface area contributed by atoms with Gasteiger partial charge in [-0.2, -0.15) is 0 Å². The predicted octanol–water partition coefficient (Wildman–Crippen LogP) is 3.94. The molecule has 0 spiro atoms. The minimum Gasteiger partial charge on any atom is -0.479 e. The van der Waals surface area contributed by atoms with Crippen molar-refractivity contribution in [3.63, 3.8) is 0 Å². The lowest BCUT2D eigenvalue weighted by atomic mass is 9.84. The number of rotatable bonds is 6. The number of hydrogen-bond acceptors (Lipinski definition) is 3. The molecule has 0 aliphatic heterocycles. The van der Waals surface area contributed by atoms with Crippen LogP contribution in [0.4, 0.5) is 0 Å². The van der Waals surface area contributed by atoms with E-state index in [4.69, 9.17) is 4.42 Å². The summed E-state index contributed by atoms with van der Waals surface area (Å²) in [5.41, 5.74) is -0.969. The molecule has 3 aromatic rings. The Labute approximate surface area is 145 Å². The molecule has 2 aromatic carbocycles. The lowest BCUT2D eigenvalue weighted by molar-refractivity contribution is -0.145. The first kappa shape index (κ1) is 16.8. The molecule has 0 aliphatic carbocycles. The van der Waals surface area contributed by atoms with Gasteiger partial charge in [-0.1, -0.05) is 49.7 Å². The Balaban J connectivity index is 2.08. The van der Waals surface area contributed by atoms with Crippen LogP contribution in [0.15, 0.2) is 65.3 Å². The Kier molecular flexibility index (Phi) is 4.57. The predicted molar refractivity (Wildman–Crippen MR) is 94.3 cm³/mol. The summed E-state index contributed by atoms with van der Waals surface area (Å²) in [6, 6.07) is 16.3. The van der Waals surface area contributed by atoms with E-state index in [1.807, 2.05) is 43.3 Å². The summed E-state index contributed by atoms with van der Waals surface area (Å²) >= 11 is 0. The molecule has 1 atom stereocenters. The van der Waals surface area contributed by atoms with Gasteiger partial charge in [-0.05, 0) is 41.0 Å². The number of carboxylic acid groups (broad SMARTS) is 1. The molecule has 0 radical (unpaired) electrons. The molecule has 128 valence electrons. The fraction of sp³-hybridized carbons (Fsp3) is 0.200. The quantitative estimate of drug-likeness (QED) is 0.714. The molecular weight excluding hydrogens is 318 g/mol. The summed E-state index contributed by atoms with van der Waals surface area (Å²) in [4.78, 5) is 24.7. The first-order valence-corrected chi connectivity index (χ1v) is 8.15. The van der Waals surface area contributed by atoms with Crippen LogP contribution >= 0.6 is 0 Å². The van der Waals surface area contributed by atoms with Gasteiger partial charge in [0, 0.05) is 0 Å². The van der Waals surface area contributed by atoms with E-state index in [2.05, 4.69) is 5.32 Å². The van der Waals surface area contributed by atoms with E-state index < -0.39 is 17.4 Å². The van der Waals surface area contributed by atoms with Gasteiger partial charge in [-0.25, -0.2) is 4.79 Å². The Morgan fingerprint density at radius 3 is 2.48 bits per heavy atom. The minimum atomic E-state index is -1.51. The van der Waals surface area contributed by atoms with Gasteiger partial charge in [0.1, 0.15) is 0 Å². The average molecular weight is 337 g/mol. The highest BCUT2D eigenvalue weighted by Gasteiger charge is 2.41. The Bertz CT molecular complexity index is 901. The molecule has 5 heteroatoms. The first-order chi connectivity index (χ1) is 12.1. The van der Waals surface area contributed by atoms with E-state index in [0.29, 0.717) is 12.0 Å². The van der Waals surface area contributed by atoms with Gasteiger partial charge in [0.2, 0.25) is 0 Å². The fourth-order valence-corrected chi connectivity index (χ4v) is 3.06. The second kappa shape index (κ2) is 6.81. The highest BCUT2D eigenvalue weighted by molar-refractivity contribution is 5.97. The van der Waals surface area contributed by atoms with Crippen molar-refractivity contribution in [1.82, 2.24) is 5.32 Å². The molecule has 0 saturated carbocycles. The molecule has 25 heavy (non-hydrogen) atoms. The van der Waals surface area contributed by atoms with Gasteiger partial charge in [0.25, 0.3) is 5.91 Å². The number of nitrogens with one attached hydrogen (secondary N) is 1. The average Bonchev–Trinajstić information content (AvgIpc) is 3.15. The van der Waals surface area contributed by atoms with Crippen molar-refractivity contribution in [1.29, 1.82) is 0 Å². The number of hydrogen-bond donors (Lipinski definition) is 2. The molecule has 1 heterocycles. The molecule has 0 bridgehead atoms. The second-order valence-corrected chi connectivity index (χ2v) is 5.95. The van der Waals surface area contributed by atoms with E-state index in [0.717, 1.165) is 10.8 Å². The molecule has 0 fully saturated rings. The third-order valence-electron chi connectivity index (χ3n) is 4.30. The molecule has 1 amide bonds. The van der Waals surface area contributed by atoms with E-state index in [9.17, 15) is 14.7 Å². The molecule has 5 nitrogen and oxygen atoms in total. The SMILES string of the molecule is CCC[C@](NC(=O)c1ccco1)(C(=O)O)c1ccc2ccccc2c1. The summed E-state index contributed by atoms with van der Waals surface area (Å²) < 4.78 is 5.10. The van der Waals surface area contributed by atoms with Crippen molar-refractivity contribution >= 4 is 22.6 Å². The van der Waals surface area contributed by atoms with Gasteiger partial charge >= 0.3 is 5.97 Å². The van der Waals surface area contributed by atoms with E-state index >= 15 is 0 Å². The van der Waals surface area contributed by atoms with Crippen molar-refractivity contribution in [2.24, 2.45) is 0 Å². The summed E-state index contributed by atoms with van der Waals surface area (Å²) in [5, 5.41) is 14.6. The molecule has 0 saturated heterocycles. The van der Waals surface area contributed by atoms with E-state index in [1.54, 1.807) is 12.1 Å². The number of carbonyl (C=O) groups excluding carboxylic acids is 1. The summed E-state index contributed by atoms with van der Waals surface area (Å²) in [7, 11) is 0. The molecule has 0 unspecified atom stereocenters. The number of aliphatic carboxylic acids is 1. The van der Waals surface area contributed by atoms with Crippen molar-refractivity contribution in [3.05, 3.63) is 72.2 Å². The highest BCUT2D eigenvalue weighted by atomic mass is 16.4. The van der Waals surface area contributed by atoms with Crippen LogP contribution in [0.5, 0.6) is 0 Å². The van der Waals surface area contributed by atoms with Gasteiger partial charge in [-0.15, -0.1) is 0 Å². The topological polar surface area (TPSA) is 79.5 Å². The zero-order valence-electron chi connectivity index (χ0n) is 13.9. The summed E-state index contributed by atoms with van der Waals surface area (Å²) in [5.74, 6) is -1.55. The fourth-order valence-electron chi connectivity index (χ4n) is 3.06. The number of furan rings is 1. The van der Waals surface area contributed by atoms with Crippen LogP contribution in [-0.2, 0) is 10.3 Å². The maximum Gasteiger partial charge on any atom is 0.334 e. The third kappa shape index (κ3) is 3.13. The second-order valence-electron chi connectivity index (χ2n) is 5.95. The van der Waals surface area contributed by atoms with Crippen molar-refractivity contribution in [2.45, 2.75) is 25.3 Å². The van der Waals surface area contributed by atoms with Crippen molar-refractivity contribution in [2.75, 3.05) is 0 Å². The monoisotopic (exact) mass is 337 g/mol. The molecular formula is C20H19NO4. The van der Waals surface area contributed by atoms with Gasteiger partial charge in [-0.3, -0.25) is 4.79 Å². The number of carbonyl (C=O) groups is 2. The van der Waals surface area contributed by atoms with Gasteiger partial charge in [0.05, 0.1) is 6.26 Å². The standard InChI is InChI=1S/C20H19NO4/c1-2-11-20(19(23)24,21-18(22)17-8-5-12-25-17)16-10-9-14-6-3-4-7-15(14)13-16/h3-10,12-13H,2,11H2,1H3,(H,21,22)(H,23,24)/t20-/m1/s1. The smallest absolute Gasteiger partial charge is 0.334 e. The first-order valence-electron chi connectivity index (χ1n) is 8.15. The lowest BCUT2D eigenvalue weighted by Gasteiger charge is -2.31. The van der Waals surface area contributed by atoms with Crippen LogP contribution in [0, 0.1) is 0 Å². The van der Waals surface area contributed by atoms with Crippen LogP contribution in [-0.4, -0.2) is 17.0 Å². The Morgan fingerprint density at radius 2 is 1.84 bits per heavy atom. The van der Waals surface area contributed by atoms with E-state index in [-0.39, 0.29) is 12.2 Å². The minimum absolute atomic E-state index is 0.0857. The lowest BCUT2D eigenvalue weighted by Crippen LogP contribution is -2.51. The Hall–Kier alpha value is -3.08. The van der Waals surface area contributed by atoms with Crippen LogP contribution in [0.2, 0.25) is 0 Å². The van der Waals surface area contributed by atoms with Gasteiger partial charge in [0.15, 0.2) is 11.3 Å². The number of fused-ring (bicyclic) bond motifs is 1.